The SMILES string of the molecule is CCCCCNc1nncc(Nc2ccccc2C(=O)OC)n1. The Bertz CT molecular complexity index is 648. The van der Waals surface area contributed by atoms with Gasteiger partial charge in [-0.2, -0.15) is 10.1 Å². The van der Waals surface area contributed by atoms with Gasteiger partial charge in [0.25, 0.3) is 0 Å². The van der Waals surface area contributed by atoms with Gasteiger partial charge >= 0.3 is 5.97 Å². The summed E-state index contributed by atoms with van der Waals surface area (Å²) in [5.41, 5.74) is 1.04. The highest BCUT2D eigenvalue weighted by Gasteiger charge is 2.11. The summed E-state index contributed by atoms with van der Waals surface area (Å²) in [5, 5.41) is 14.1. The number of unbranched alkanes of at least 4 members (excludes halogenated alkanes) is 2. The summed E-state index contributed by atoms with van der Waals surface area (Å²) in [6.45, 7) is 2.96. The van der Waals surface area contributed by atoms with Crippen molar-refractivity contribution in [3.05, 3.63) is 36.0 Å². The quantitative estimate of drug-likeness (QED) is 0.571. The molecule has 0 aliphatic carbocycles. The first kappa shape index (κ1) is 16.7. The lowest BCUT2D eigenvalue weighted by Crippen LogP contribution is -2.09. The number of hydrogen-bond acceptors (Lipinski definition) is 7. The Morgan fingerprint density at radius 3 is 2.87 bits per heavy atom. The summed E-state index contributed by atoms with van der Waals surface area (Å²) in [5.74, 6) is 0.559. The normalized spacial score (nSPS) is 10.2. The van der Waals surface area contributed by atoms with E-state index in [1.165, 1.54) is 13.3 Å². The minimum atomic E-state index is -0.409. The summed E-state index contributed by atoms with van der Waals surface area (Å²) in [7, 11) is 1.35. The van der Waals surface area contributed by atoms with E-state index in [9.17, 15) is 4.79 Å². The molecule has 1 aromatic carbocycles. The first-order valence-electron chi connectivity index (χ1n) is 7.62. The monoisotopic (exact) mass is 315 g/mol. The number of carbonyl (C=O) groups is 1. The molecule has 7 nitrogen and oxygen atoms in total. The van der Waals surface area contributed by atoms with Crippen LogP contribution in [0.4, 0.5) is 17.5 Å². The van der Waals surface area contributed by atoms with Gasteiger partial charge in [-0.3, -0.25) is 0 Å². The number of carbonyl (C=O) groups excluding carboxylic acids is 1. The van der Waals surface area contributed by atoms with Crippen molar-refractivity contribution < 1.29 is 9.53 Å². The fourth-order valence-electron chi connectivity index (χ4n) is 2.03. The van der Waals surface area contributed by atoms with E-state index in [0.717, 1.165) is 25.8 Å². The van der Waals surface area contributed by atoms with Crippen molar-refractivity contribution in [3.63, 3.8) is 0 Å². The van der Waals surface area contributed by atoms with Gasteiger partial charge in [0.15, 0.2) is 5.82 Å². The summed E-state index contributed by atoms with van der Waals surface area (Å²) >= 11 is 0. The molecule has 0 amide bonds. The molecule has 23 heavy (non-hydrogen) atoms. The molecule has 7 heteroatoms. The molecule has 0 atom stereocenters. The molecule has 0 bridgehead atoms. The van der Waals surface area contributed by atoms with Gasteiger partial charge in [0.2, 0.25) is 5.95 Å². The van der Waals surface area contributed by atoms with Crippen LogP contribution in [0.15, 0.2) is 30.5 Å². The molecule has 0 fully saturated rings. The van der Waals surface area contributed by atoms with Crippen LogP contribution >= 0.6 is 0 Å². The number of nitrogens with zero attached hydrogens (tertiary/aromatic N) is 3. The van der Waals surface area contributed by atoms with Crippen molar-refractivity contribution in [1.29, 1.82) is 0 Å². The van der Waals surface area contributed by atoms with Crippen molar-refractivity contribution in [2.24, 2.45) is 0 Å². The lowest BCUT2D eigenvalue weighted by atomic mass is 10.2. The van der Waals surface area contributed by atoms with E-state index in [1.54, 1.807) is 18.2 Å². The van der Waals surface area contributed by atoms with Crippen molar-refractivity contribution in [1.82, 2.24) is 15.2 Å². The fourth-order valence-corrected chi connectivity index (χ4v) is 2.03. The van der Waals surface area contributed by atoms with E-state index in [-0.39, 0.29) is 0 Å². The Morgan fingerprint density at radius 2 is 2.09 bits per heavy atom. The number of anilines is 3. The molecular weight excluding hydrogens is 294 g/mol. The van der Waals surface area contributed by atoms with Crippen LogP contribution in [-0.2, 0) is 4.74 Å². The fraction of sp³-hybridized carbons (Fsp3) is 0.375. The number of rotatable bonds is 8. The summed E-state index contributed by atoms with van der Waals surface area (Å²) in [6, 6.07) is 7.07. The van der Waals surface area contributed by atoms with Crippen molar-refractivity contribution >= 4 is 23.4 Å². The van der Waals surface area contributed by atoms with Crippen LogP contribution in [0.5, 0.6) is 0 Å². The van der Waals surface area contributed by atoms with E-state index in [0.29, 0.717) is 23.0 Å². The van der Waals surface area contributed by atoms with Crippen LogP contribution in [0, 0.1) is 0 Å². The molecule has 1 aromatic heterocycles. The van der Waals surface area contributed by atoms with Gasteiger partial charge in [-0.1, -0.05) is 31.9 Å². The van der Waals surface area contributed by atoms with E-state index in [2.05, 4.69) is 32.7 Å². The number of benzene rings is 1. The molecule has 0 spiro atoms. The average Bonchev–Trinajstić information content (AvgIpc) is 2.59. The van der Waals surface area contributed by atoms with Gasteiger partial charge in [-0.15, -0.1) is 5.10 Å². The summed E-state index contributed by atoms with van der Waals surface area (Å²) in [6.07, 6.45) is 4.88. The zero-order valence-corrected chi connectivity index (χ0v) is 13.4. The van der Waals surface area contributed by atoms with Gasteiger partial charge in [0.1, 0.15) is 0 Å². The minimum Gasteiger partial charge on any atom is -0.465 e. The Hall–Kier alpha value is -2.70. The second-order valence-electron chi connectivity index (χ2n) is 4.96. The number of methoxy groups -OCH3 is 1. The maximum atomic E-state index is 11.8. The molecule has 0 saturated carbocycles. The van der Waals surface area contributed by atoms with E-state index in [4.69, 9.17) is 4.74 Å². The smallest absolute Gasteiger partial charge is 0.339 e. The topological polar surface area (TPSA) is 89.0 Å². The average molecular weight is 315 g/mol. The third-order valence-electron chi connectivity index (χ3n) is 3.22. The zero-order valence-electron chi connectivity index (χ0n) is 13.4. The predicted molar refractivity (Wildman–Crippen MR) is 88.9 cm³/mol. The molecule has 2 aromatic rings. The lowest BCUT2D eigenvalue weighted by Gasteiger charge is -2.10. The maximum absolute atomic E-state index is 11.8. The maximum Gasteiger partial charge on any atom is 0.339 e. The molecule has 2 N–H and O–H groups in total. The van der Waals surface area contributed by atoms with Crippen LogP contribution < -0.4 is 10.6 Å². The van der Waals surface area contributed by atoms with Crippen LogP contribution in [0.2, 0.25) is 0 Å². The molecule has 2 rings (SSSR count). The van der Waals surface area contributed by atoms with Gasteiger partial charge in [-0.25, -0.2) is 4.79 Å². The number of esters is 1. The first-order chi connectivity index (χ1) is 11.2. The number of hydrogen-bond donors (Lipinski definition) is 2. The van der Waals surface area contributed by atoms with Gasteiger partial charge in [0, 0.05) is 6.54 Å². The van der Waals surface area contributed by atoms with E-state index >= 15 is 0 Å². The molecule has 0 radical (unpaired) electrons. The van der Waals surface area contributed by atoms with Crippen LogP contribution in [0.1, 0.15) is 36.5 Å². The summed E-state index contributed by atoms with van der Waals surface area (Å²) < 4.78 is 4.77. The first-order valence-corrected chi connectivity index (χ1v) is 7.62. The van der Waals surface area contributed by atoms with Crippen LogP contribution in [-0.4, -0.2) is 34.8 Å². The molecule has 1 heterocycles. The minimum absolute atomic E-state index is 0.409. The standard InChI is InChI=1S/C16H21N5O2/c1-3-4-7-10-17-16-20-14(11-18-21-16)19-13-9-6-5-8-12(13)15(22)23-2/h5-6,8-9,11H,3-4,7,10H2,1-2H3,(H2,17,19,20,21). The Labute approximate surface area is 135 Å². The molecule has 122 valence electrons. The van der Waals surface area contributed by atoms with E-state index in [1.807, 2.05) is 6.07 Å². The number of para-hydroxylation sites is 1. The molecule has 0 aliphatic heterocycles. The Kier molecular flexibility index (Phi) is 6.28. The molecule has 0 saturated heterocycles. The van der Waals surface area contributed by atoms with Gasteiger partial charge < -0.3 is 15.4 Å². The molecular formula is C16H21N5O2. The highest BCUT2D eigenvalue weighted by atomic mass is 16.5. The van der Waals surface area contributed by atoms with Gasteiger partial charge in [0.05, 0.1) is 24.6 Å². The van der Waals surface area contributed by atoms with Crippen molar-refractivity contribution in [2.45, 2.75) is 26.2 Å². The molecule has 0 unspecified atom stereocenters. The highest BCUT2D eigenvalue weighted by Crippen LogP contribution is 2.20. The second kappa shape index (κ2) is 8.67. The van der Waals surface area contributed by atoms with E-state index < -0.39 is 5.97 Å². The second-order valence-corrected chi connectivity index (χ2v) is 4.96. The summed E-state index contributed by atoms with van der Waals surface area (Å²) in [4.78, 5) is 16.1. The third-order valence-corrected chi connectivity index (χ3v) is 3.22. The largest absolute Gasteiger partial charge is 0.465 e. The number of ether oxygens (including phenoxy) is 1. The van der Waals surface area contributed by atoms with Crippen molar-refractivity contribution in [2.75, 3.05) is 24.3 Å². The number of aromatic nitrogens is 3. The van der Waals surface area contributed by atoms with Crippen LogP contribution in [0.25, 0.3) is 0 Å². The molecule has 0 aliphatic rings. The third kappa shape index (κ3) is 4.91. The van der Waals surface area contributed by atoms with Gasteiger partial charge in [-0.05, 0) is 18.6 Å². The Balaban J connectivity index is 2.07. The van der Waals surface area contributed by atoms with Crippen LogP contribution in [0.3, 0.4) is 0 Å². The highest BCUT2D eigenvalue weighted by molar-refractivity contribution is 5.96. The predicted octanol–water partition coefficient (Wildman–Crippen LogP) is 3.00. The lowest BCUT2D eigenvalue weighted by molar-refractivity contribution is 0.0602. The van der Waals surface area contributed by atoms with Crippen molar-refractivity contribution in [3.8, 4) is 0 Å². The zero-order chi connectivity index (χ0) is 16.5. The number of nitrogens with one attached hydrogen (secondary N) is 2. The Morgan fingerprint density at radius 1 is 1.26 bits per heavy atom.